The quantitative estimate of drug-likeness (QED) is 0.0729. The van der Waals surface area contributed by atoms with Crippen molar-refractivity contribution in [3.8, 4) is 0 Å². The molecule has 378 valence electrons. The highest BCUT2D eigenvalue weighted by molar-refractivity contribution is 8.00. The molecule has 2 amide bonds. The van der Waals surface area contributed by atoms with Crippen LogP contribution in [-0.4, -0.2) is 226 Å². The SMILES string of the molecule is CC(CSC1CC(=O)N(Cc2cn(CCOCCOCCOCCOCCOCCOCCOCCOCCOCCOCCOCCOCCOCCC(C)(C)C)nn2)C1=O)C(=O)O. The van der Waals surface area contributed by atoms with E-state index in [1.165, 1.54) is 11.8 Å². The molecule has 0 saturated carbocycles. The Morgan fingerprint density at radius 1 is 0.615 bits per heavy atom. The molecule has 1 aliphatic rings. The Hall–Kier alpha value is -2.42. The van der Waals surface area contributed by atoms with Crippen molar-refractivity contribution >= 4 is 29.5 Å². The lowest BCUT2D eigenvalue weighted by molar-refractivity contribution is -0.141. The number of carboxylic acids is 1. The number of carbonyl (C=O) groups excluding carboxylic acids is 2. The van der Waals surface area contributed by atoms with Crippen molar-refractivity contribution in [2.45, 2.75) is 58.9 Å². The van der Waals surface area contributed by atoms with Gasteiger partial charge < -0.3 is 66.7 Å². The van der Waals surface area contributed by atoms with E-state index in [1.54, 1.807) is 17.8 Å². The first-order valence-corrected chi connectivity index (χ1v) is 23.7. The molecule has 21 nitrogen and oxygen atoms in total. The van der Waals surface area contributed by atoms with Crippen LogP contribution >= 0.6 is 11.8 Å². The summed E-state index contributed by atoms with van der Waals surface area (Å²) < 4.78 is 73.3. The van der Waals surface area contributed by atoms with Crippen molar-refractivity contribution in [3.05, 3.63) is 11.9 Å². The van der Waals surface area contributed by atoms with Gasteiger partial charge in [0.2, 0.25) is 11.8 Å². The van der Waals surface area contributed by atoms with Gasteiger partial charge in [0.25, 0.3) is 0 Å². The third-order valence-electron chi connectivity index (χ3n) is 9.00. The number of ether oxygens (including phenoxy) is 13. The first-order chi connectivity index (χ1) is 31.6. The Morgan fingerprint density at radius 2 is 0.954 bits per heavy atom. The summed E-state index contributed by atoms with van der Waals surface area (Å²) in [5.74, 6) is -1.91. The highest BCUT2D eigenvalue weighted by atomic mass is 32.2. The van der Waals surface area contributed by atoms with E-state index in [1.807, 2.05) is 0 Å². The molecule has 1 N–H and O–H groups in total. The Balaban J connectivity index is 1.20. The molecule has 2 heterocycles. The molecular formula is C43H78N4O17S. The predicted octanol–water partition coefficient (Wildman–Crippen LogP) is 2.01. The van der Waals surface area contributed by atoms with Crippen LogP contribution in [0.5, 0.6) is 0 Å². The maximum Gasteiger partial charge on any atom is 0.307 e. The average Bonchev–Trinajstić information content (AvgIpc) is 3.84. The Morgan fingerprint density at radius 3 is 1.29 bits per heavy atom. The van der Waals surface area contributed by atoms with E-state index in [-0.39, 0.29) is 30.5 Å². The Bertz CT molecular complexity index is 1330. The van der Waals surface area contributed by atoms with Gasteiger partial charge in [-0.1, -0.05) is 32.9 Å². The lowest BCUT2D eigenvalue weighted by Gasteiger charge is -2.17. The van der Waals surface area contributed by atoms with Crippen LogP contribution in [0.15, 0.2) is 6.20 Å². The smallest absolute Gasteiger partial charge is 0.307 e. The van der Waals surface area contributed by atoms with Gasteiger partial charge in [-0.05, 0) is 11.8 Å². The number of amides is 2. The number of hydrogen-bond acceptors (Lipinski definition) is 19. The van der Waals surface area contributed by atoms with E-state index in [4.69, 9.17) is 66.7 Å². The summed E-state index contributed by atoms with van der Waals surface area (Å²) in [5.41, 5.74) is 0.773. The van der Waals surface area contributed by atoms with Gasteiger partial charge in [0.1, 0.15) is 5.69 Å². The average molecular weight is 955 g/mol. The number of imide groups is 1. The van der Waals surface area contributed by atoms with Gasteiger partial charge >= 0.3 is 5.97 Å². The molecule has 2 unspecified atom stereocenters. The molecule has 22 heteroatoms. The molecule has 0 radical (unpaired) electrons. The van der Waals surface area contributed by atoms with Crippen molar-refractivity contribution in [1.29, 1.82) is 0 Å². The highest BCUT2D eigenvalue weighted by Gasteiger charge is 2.39. The lowest BCUT2D eigenvalue weighted by Crippen LogP contribution is -2.31. The van der Waals surface area contributed by atoms with E-state index in [2.05, 4.69) is 31.1 Å². The second-order valence-corrected chi connectivity index (χ2v) is 17.1. The molecule has 0 bridgehead atoms. The van der Waals surface area contributed by atoms with Crippen LogP contribution in [0.3, 0.4) is 0 Å². The summed E-state index contributed by atoms with van der Waals surface area (Å²) >= 11 is 1.20. The number of rotatable bonds is 47. The molecule has 1 saturated heterocycles. The van der Waals surface area contributed by atoms with Crippen molar-refractivity contribution in [2.24, 2.45) is 11.3 Å². The minimum atomic E-state index is -0.933. The molecule has 0 aliphatic carbocycles. The Kier molecular flexibility index (Phi) is 35.7. The second kappa shape index (κ2) is 39.6. The van der Waals surface area contributed by atoms with Gasteiger partial charge in [0.15, 0.2) is 0 Å². The normalized spacial score (nSPS) is 14.9. The molecule has 2 atom stereocenters. The zero-order chi connectivity index (χ0) is 47.1. The van der Waals surface area contributed by atoms with E-state index in [0.717, 1.165) is 17.9 Å². The topological polar surface area (TPSA) is 225 Å². The van der Waals surface area contributed by atoms with Crippen molar-refractivity contribution in [1.82, 2.24) is 19.9 Å². The zero-order valence-corrected chi connectivity index (χ0v) is 40.1. The first-order valence-electron chi connectivity index (χ1n) is 22.6. The number of hydrogen-bond donors (Lipinski definition) is 1. The molecule has 1 fully saturated rings. The summed E-state index contributed by atoms with van der Waals surface area (Å²) in [4.78, 5) is 37.3. The summed E-state index contributed by atoms with van der Waals surface area (Å²) in [6, 6.07) is 0. The number of likely N-dealkylation sites (tertiary alicyclic amines) is 1. The molecule has 1 aliphatic heterocycles. The summed E-state index contributed by atoms with van der Waals surface area (Å²) in [6.45, 7) is 21.5. The van der Waals surface area contributed by atoms with E-state index in [0.29, 0.717) is 183 Å². The third kappa shape index (κ3) is 33.7. The van der Waals surface area contributed by atoms with Gasteiger partial charge in [0.05, 0.1) is 196 Å². The monoisotopic (exact) mass is 955 g/mol. The van der Waals surface area contributed by atoms with Crippen LogP contribution in [0.4, 0.5) is 0 Å². The fourth-order valence-electron chi connectivity index (χ4n) is 5.24. The van der Waals surface area contributed by atoms with Crippen molar-refractivity contribution in [3.63, 3.8) is 0 Å². The maximum atomic E-state index is 12.7. The molecule has 0 aromatic carbocycles. The Labute approximate surface area is 389 Å². The van der Waals surface area contributed by atoms with E-state index < -0.39 is 17.1 Å². The van der Waals surface area contributed by atoms with Crippen molar-refractivity contribution < 1.29 is 81.1 Å². The summed E-state index contributed by atoms with van der Waals surface area (Å²) in [6.07, 6.45) is 2.75. The highest BCUT2D eigenvalue weighted by Crippen LogP contribution is 2.28. The van der Waals surface area contributed by atoms with E-state index in [9.17, 15) is 14.4 Å². The maximum absolute atomic E-state index is 12.7. The second-order valence-electron chi connectivity index (χ2n) is 15.8. The van der Waals surface area contributed by atoms with Gasteiger partial charge in [-0.3, -0.25) is 19.3 Å². The van der Waals surface area contributed by atoms with Gasteiger partial charge in [-0.2, -0.15) is 0 Å². The number of carboxylic acid groups (broad SMARTS) is 1. The van der Waals surface area contributed by atoms with Gasteiger partial charge in [0, 0.05) is 18.8 Å². The van der Waals surface area contributed by atoms with Crippen LogP contribution in [-0.2, 0) is 89.1 Å². The molecule has 2 rings (SSSR count). The van der Waals surface area contributed by atoms with Gasteiger partial charge in [-0.25, -0.2) is 4.68 Å². The molecular weight excluding hydrogens is 877 g/mol. The number of thioether (sulfide) groups is 1. The number of aromatic nitrogens is 3. The minimum absolute atomic E-state index is 0.0241. The van der Waals surface area contributed by atoms with Crippen molar-refractivity contribution in [2.75, 3.05) is 178 Å². The van der Waals surface area contributed by atoms with Crippen LogP contribution in [0.1, 0.15) is 46.2 Å². The molecule has 0 spiro atoms. The standard InChI is InChI=1S/C43H78N4O17S/c1-37(42(50)51)36-65-39-33-40(48)47(41(39)49)35-38-34-46(45-44-38)6-8-53-10-12-55-14-16-57-18-20-59-22-24-61-26-28-63-30-32-64-31-29-62-27-25-60-23-21-58-19-17-56-15-13-54-11-9-52-7-5-43(2,3)4/h34,37,39H,5-33,35-36H2,1-4H3,(H,50,51). The lowest BCUT2D eigenvalue weighted by atomic mass is 9.93. The van der Waals surface area contributed by atoms with Crippen LogP contribution < -0.4 is 0 Å². The fraction of sp³-hybridized carbons (Fsp3) is 0.884. The largest absolute Gasteiger partial charge is 0.481 e. The first kappa shape index (κ1) is 58.7. The zero-order valence-electron chi connectivity index (χ0n) is 39.3. The third-order valence-corrected chi connectivity index (χ3v) is 10.5. The fourth-order valence-corrected chi connectivity index (χ4v) is 6.43. The summed E-state index contributed by atoms with van der Waals surface area (Å²) in [5, 5.41) is 16.6. The number of aliphatic carboxylic acids is 1. The van der Waals surface area contributed by atoms with Crippen LogP contribution in [0.2, 0.25) is 0 Å². The van der Waals surface area contributed by atoms with Gasteiger partial charge in [-0.15, -0.1) is 16.9 Å². The number of nitrogens with zero attached hydrogens (tertiary/aromatic N) is 4. The minimum Gasteiger partial charge on any atom is -0.481 e. The predicted molar refractivity (Wildman–Crippen MR) is 238 cm³/mol. The number of carbonyl (C=O) groups is 3. The summed E-state index contributed by atoms with van der Waals surface area (Å²) in [7, 11) is 0. The van der Waals surface area contributed by atoms with Crippen LogP contribution in [0.25, 0.3) is 0 Å². The molecule has 1 aromatic rings. The molecule has 65 heavy (non-hydrogen) atoms. The molecule has 1 aromatic heterocycles. The van der Waals surface area contributed by atoms with Crippen LogP contribution in [0, 0.1) is 11.3 Å². The van der Waals surface area contributed by atoms with E-state index >= 15 is 0 Å².